The molecule has 0 aliphatic heterocycles. The smallest absolute Gasteiger partial charge is 0.0379 e. The Morgan fingerprint density at radius 2 is 0.667 bits per heavy atom. The van der Waals surface area contributed by atoms with Crippen molar-refractivity contribution in [2.45, 2.75) is 53.4 Å². The first-order chi connectivity index (χ1) is 5.83. The minimum atomic E-state index is 1.17. The van der Waals surface area contributed by atoms with Gasteiger partial charge in [0, 0.05) is 0 Å². The summed E-state index contributed by atoms with van der Waals surface area (Å²) in [6, 6.07) is 0. The van der Waals surface area contributed by atoms with Crippen LogP contribution >= 0.6 is 0 Å². The quantitative estimate of drug-likeness (QED) is 0.532. The van der Waals surface area contributed by atoms with Crippen LogP contribution in [-0.2, 0) is 0 Å². The largest absolute Gasteiger partial charge is 0.0888 e. The molecule has 0 saturated heterocycles. The van der Waals surface area contributed by atoms with Crippen molar-refractivity contribution in [1.82, 2.24) is 0 Å². The average molecular weight is 168 g/mol. The standard InChI is InChI=1S/2C6H12/c2*1-3-5-6-4-2/h2*5-6H,3-4H2,1-2H3. The number of rotatable bonds is 4. The third-order valence-corrected chi connectivity index (χ3v) is 1.28. The normalized spacial score (nSPS) is 10.3. The summed E-state index contributed by atoms with van der Waals surface area (Å²) in [5.41, 5.74) is 0. The molecule has 0 aromatic rings. The van der Waals surface area contributed by atoms with Gasteiger partial charge in [-0.25, -0.2) is 0 Å². The molecule has 72 valence electrons. The SMILES string of the molecule is CCC=CCC.CCC=CCC. The van der Waals surface area contributed by atoms with Crippen LogP contribution in [0.3, 0.4) is 0 Å². The summed E-state index contributed by atoms with van der Waals surface area (Å²) in [5.74, 6) is 0. The molecule has 0 N–H and O–H groups in total. The zero-order chi connectivity index (χ0) is 9.66. The number of allylic oxidation sites excluding steroid dienone is 4. The summed E-state index contributed by atoms with van der Waals surface area (Å²) in [6.07, 6.45) is 13.4. The van der Waals surface area contributed by atoms with Gasteiger partial charge < -0.3 is 0 Å². The highest BCUT2D eigenvalue weighted by Crippen LogP contribution is 1.81. The molecule has 0 unspecified atom stereocenters. The van der Waals surface area contributed by atoms with Crippen LogP contribution in [0.1, 0.15) is 53.4 Å². The Morgan fingerprint density at radius 1 is 0.500 bits per heavy atom. The van der Waals surface area contributed by atoms with E-state index in [0.717, 1.165) is 0 Å². The van der Waals surface area contributed by atoms with Crippen LogP contribution in [0.25, 0.3) is 0 Å². The summed E-state index contributed by atoms with van der Waals surface area (Å²) < 4.78 is 0. The van der Waals surface area contributed by atoms with E-state index in [1.54, 1.807) is 0 Å². The van der Waals surface area contributed by atoms with Crippen molar-refractivity contribution in [1.29, 1.82) is 0 Å². The van der Waals surface area contributed by atoms with Crippen molar-refractivity contribution in [2.75, 3.05) is 0 Å². The molecule has 0 fully saturated rings. The molecule has 0 heterocycles. The molecule has 12 heavy (non-hydrogen) atoms. The Kier molecular flexibility index (Phi) is 19.7. The summed E-state index contributed by atoms with van der Waals surface area (Å²) in [5, 5.41) is 0. The fourth-order valence-electron chi connectivity index (χ4n) is 0.667. The molecule has 0 aromatic heterocycles. The van der Waals surface area contributed by atoms with Crippen LogP contribution in [-0.4, -0.2) is 0 Å². The Hall–Kier alpha value is -0.520. The van der Waals surface area contributed by atoms with E-state index in [9.17, 15) is 0 Å². The van der Waals surface area contributed by atoms with Gasteiger partial charge in [-0.3, -0.25) is 0 Å². The van der Waals surface area contributed by atoms with Crippen molar-refractivity contribution in [2.24, 2.45) is 0 Å². The van der Waals surface area contributed by atoms with E-state index in [4.69, 9.17) is 0 Å². The fraction of sp³-hybridized carbons (Fsp3) is 0.667. The lowest BCUT2D eigenvalue weighted by molar-refractivity contribution is 1.16. The summed E-state index contributed by atoms with van der Waals surface area (Å²) >= 11 is 0. The second-order valence-corrected chi connectivity index (χ2v) is 2.58. The summed E-state index contributed by atoms with van der Waals surface area (Å²) in [4.78, 5) is 0. The molecule has 0 heteroatoms. The molecular weight excluding hydrogens is 144 g/mol. The van der Waals surface area contributed by atoms with E-state index in [1.807, 2.05) is 0 Å². The van der Waals surface area contributed by atoms with E-state index in [0.29, 0.717) is 0 Å². The fourth-order valence-corrected chi connectivity index (χ4v) is 0.667. The first kappa shape index (κ1) is 14.0. The summed E-state index contributed by atoms with van der Waals surface area (Å²) in [7, 11) is 0. The van der Waals surface area contributed by atoms with Crippen LogP contribution in [0.15, 0.2) is 24.3 Å². The second kappa shape index (κ2) is 16.8. The maximum absolute atomic E-state index is 2.18. The van der Waals surface area contributed by atoms with Gasteiger partial charge in [-0.2, -0.15) is 0 Å². The second-order valence-electron chi connectivity index (χ2n) is 2.58. The molecule has 0 spiro atoms. The van der Waals surface area contributed by atoms with Gasteiger partial charge in [0.25, 0.3) is 0 Å². The van der Waals surface area contributed by atoms with E-state index in [2.05, 4.69) is 52.0 Å². The molecule has 0 bridgehead atoms. The zero-order valence-electron chi connectivity index (χ0n) is 9.14. The molecular formula is C12H24. The highest BCUT2D eigenvalue weighted by atomic mass is 13.7. The molecule has 0 rings (SSSR count). The average Bonchev–Trinajstić information content (AvgIpc) is 2.12. The first-order valence-electron chi connectivity index (χ1n) is 5.13. The Bertz CT molecular complexity index is 72.6. The van der Waals surface area contributed by atoms with Crippen molar-refractivity contribution >= 4 is 0 Å². The molecule has 0 amide bonds. The van der Waals surface area contributed by atoms with Crippen molar-refractivity contribution in [3.8, 4) is 0 Å². The van der Waals surface area contributed by atoms with Crippen molar-refractivity contribution < 1.29 is 0 Å². The molecule has 0 radical (unpaired) electrons. The monoisotopic (exact) mass is 168 g/mol. The van der Waals surface area contributed by atoms with Gasteiger partial charge in [0.15, 0.2) is 0 Å². The predicted molar refractivity (Wildman–Crippen MR) is 59.4 cm³/mol. The minimum absolute atomic E-state index is 1.17. The van der Waals surface area contributed by atoms with Crippen LogP contribution in [0.5, 0.6) is 0 Å². The number of hydrogen-bond acceptors (Lipinski definition) is 0. The van der Waals surface area contributed by atoms with Gasteiger partial charge in [0.05, 0.1) is 0 Å². The van der Waals surface area contributed by atoms with E-state index < -0.39 is 0 Å². The van der Waals surface area contributed by atoms with Gasteiger partial charge in [0.1, 0.15) is 0 Å². The third-order valence-electron chi connectivity index (χ3n) is 1.28. The van der Waals surface area contributed by atoms with Gasteiger partial charge in [-0.05, 0) is 25.7 Å². The Morgan fingerprint density at radius 3 is 0.750 bits per heavy atom. The van der Waals surface area contributed by atoms with Crippen LogP contribution in [0, 0.1) is 0 Å². The lowest BCUT2D eigenvalue weighted by Crippen LogP contribution is -1.51. The predicted octanol–water partition coefficient (Wildman–Crippen LogP) is 4.73. The minimum Gasteiger partial charge on any atom is -0.0888 e. The van der Waals surface area contributed by atoms with Crippen molar-refractivity contribution in [3.05, 3.63) is 24.3 Å². The van der Waals surface area contributed by atoms with Gasteiger partial charge in [0.2, 0.25) is 0 Å². The van der Waals surface area contributed by atoms with Gasteiger partial charge in [-0.1, -0.05) is 52.0 Å². The van der Waals surface area contributed by atoms with Crippen LogP contribution in [0.2, 0.25) is 0 Å². The number of hydrogen-bond donors (Lipinski definition) is 0. The molecule has 0 nitrogen and oxygen atoms in total. The molecule has 0 aromatic carbocycles. The van der Waals surface area contributed by atoms with Crippen molar-refractivity contribution in [3.63, 3.8) is 0 Å². The maximum atomic E-state index is 2.18. The van der Waals surface area contributed by atoms with E-state index >= 15 is 0 Å². The Balaban J connectivity index is 0. The molecule has 0 aliphatic rings. The van der Waals surface area contributed by atoms with E-state index in [1.165, 1.54) is 25.7 Å². The first-order valence-corrected chi connectivity index (χ1v) is 5.13. The third kappa shape index (κ3) is 22.7. The van der Waals surface area contributed by atoms with Gasteiger partial charge in [-0.15, -0.1) is 0 Å². The van der Waals surface area contributed by atoms with Gasteiger partial charge >= 0.3 is 0 Å². The zero-order valence-corrected chi connectivity index (χ0v) is 9.14. The molecule has 0 saturated carbocycles. The highest BCUT2D eigenvalue weighted by molar-refractivity contribution is 4.78. The topological polar surface area (TPSA) is 0 Å². The van der Waals surface area contributed by atoms with Crippen LogP contribution in [0.4, 0.5) is 0 Å². The summed E-state index contributed by atoms with van der Waals surface area (Å²) in [6.45, 7) is 8.58. The van der Waals surface area contributed by atoms with E-state index in [-0.39, 0.29) is 0 Å². The Labute approximate surface area is 78.4 Å². The maximum Gasteiger partial charge on any atom is -0.0379 e. The van der Waals surface area contributed by atoms with Crippen LogP contribution < -0.4 is 0 Å². The molecule has 0 atom stereocenters. The lowest BCUT2D eigenvalue weighted by atomic mass is 10.4. The lowest BCUT2D eigenvalue weighted by Gasteiger charge is -1.72. The highest BCUT2D eigenvalue weighted by Gasteiger charge is 1.60. The molecule has 0 aliphatic carbocycles.